The molecule has 416 valence electrons. The quantitative estimate of drug-likeness (QED) is 0.0306. The Morgan fingerprint density at radius 3 is 1.49 bits per heavy atom. The summed E-state index contributed by atoms with van der Waals surface area (Å²) >= 11 is 0. The van der Waals surface area contributed by atoms with Crippen molar-refractivity contribution in [2.75, 3.05) is 26.9 Å². The Morgan fingerprint density at radius 1 is 0.532 bits per heavy atom. The topological polar surface area (TPSA) is 139 Å². The average Bonchev–Trinajstić information content (AvgIpc) is 4.00. The van der Waals surface area contributed by atoms with Crippen molar-refractivity contribution in [3.8, 4) is 11.5 Å². The summed E-state index contributed by atoms with van der Waals surface area (Å²) in [6.07, 6.45) is -7.60. The smallest absolute Gasteiger partial charge is 0.262 e. The van der Waals surface area contributed by atoms with Gasteiger partial charge in [-0.3, -0.25) is 14.5 Å². The minimum absolute atomic E-state index is 0.0425. The molecule has 0 radical (unpaired) electrons. The van der Waals surface area contributed by atoms with Crippen LogP contribution in [-0.4, -0.2) is 113 Å². The fraction of sp³-hybridized carbons (Fsp3) is 0.375. The average molecular weight is 1090 g/mol. The summed E-state index contributed by atoms with van der Waals surface area (Å²) in [5.41, 5.74) is 4.09. The van der Waals surface area contributed by atoms with Crippen LogP contribution >= 0.6 is 0 Å². The molecule has 3 heterocycles. The first-order chi connectivity index (χ1) is 38.3. The van der Waals surface area contributed by atoms with E-state index < -0.39 is 81.5 Å². The third-order valence-corrected chi connectivity index (χ3v) is 19.5. The molecule has 2 saturated heterocycles. The highest BCUT2D eigenvalue weighted by Gasteiger charge is 2.59. The summed E-state index contributed by atoms with van der Waals surface area (Å²) in [7, 11) is -0.843. The van der Waals surface area contributed by atoms with E-state index in [1.165, 1.54) is 4.90 Å². The zero-order valence-corrected chi connectivity index (χ0v) is 46.9. The number of ether oxygens (including phenoxy) is 10. The van der Waals surface area contributed by atoms with E-state index in [9.17, 15) is 9.59 Å². The van der Waals surface area contributed by atoms with E-state index in [1.54, 1.807) is 61.7 Å². The zero-order valence-electron chi connectivity index (χ0n) is 45.9. The van der Waals surface area contributed by atoms with Crippen molar-refractivity contribution >= 4 is 20.1 Å². The fourth-order valence-electron chi connectivity index (χ4n) is 9.71. The van der Waals surface area contributed by atoms with E-state index in [2.05, 4.69) is 40.4 Å². The van der Waals surface area contributed by atoms with Crippen molar-refractivity contribution in [2.45, 2.75) is 127 Å². The van der Waals surface area contributed by atoms with Gasteiger partial charge in [0.2, 0.25) is 6.29 Å². The number of fused-ring (bicyclic) bond motifs is 1. The molecule has 3 aliphatic rings. The zero-order chi connectivity index (χ0) is 55.4. The highest BCUT2D eigenvalue weighted by molar-refractivity contribution is 6.74. The number of amides is 2. The van der Waals surface area contributed by atoms with Crippen LogP contribution in [-0.2, 0) is 68.7 Å². The molecular formula is C64H73NO13Si. The maximum Gasteiger partial charge on any atom is 0.262 e. The number of carbonyl (C=O) groups is 2. The van der Waals surface area contributed by atoms with Crippen molar-refractivity contribution < 1.29 is 61.4 Å². The van der Waals surface area contributed by atoms with Crippen LogP contribution in [0.3, 0.4) is 0 Å². The Morgan fingerprint density at radius 2 is 0.987 bits per heavy atom. The highest BCUT2D eigenvalue weighted by atomic mass is 28.4. The molecule has 2 amide bonds. The van der Waals surface area contributed by atoms with Gasteiger partial charge in [0.05, 0.1) is 64.5 Å². The number of methoxy groups -OCH3 is 1. The number of benzene rings is 6. The number of imide groups is 1. The monoisotopic (exact) mass is 1090 g/mol. The van der Waals surface area contributed by atoms with Gasteiger partial charge >= 0.3 is 0 Å². The van der Waals surface area contributed by atoms with Crippen LogP contribution in [0.2, 0.25) is 18.1 Å². The lowest BCUT2D eigenvalue weighted by molar-refractivity contribution is -0.361. The minimum Gasteiger partial charge on any atom is -0.497 e. The summed E-state index contributed by atoms with van der Waals surface area (Å²) in [5, 5.41) is -0.142. The summed E-state index contributed by atoms with van der Waals surface area (Å²) in [5.74, 6) is -0.0944. The van der Waals surface area contributed by atoms with E-state index in [4.69, 9.17) is 51.8 Å². The number of hydrogen-bond donors (Lipinski definition) is 0. The maximum absolute atomic E-state index is 15.0. The molecule has 0 bridgehead atoms. The maximum atomic E-state index is 15.0. The Kier molecular flexibility index (Phi) is 19.4. The summed E-state index contributed by atoms with van der Waals surface area (Å²) in [6, 6.07) is 51.7. The van der Waals surface area contributed by atoms with Gasteiger partial charge in [-0.05, 0) is 76.8 Å². The first-order valence-electron chi connectivity index (χ1n) is 27.0. The predicted octanol–water partition coefficient (Wildman–Crippen LogP) is 11.1. The molecule has 0 unspecified atom stereocenters. The number of hydrogen-bond acceptors (Lipinski definition) is 13. The lowest BCUT2D eigenvalue weighted by Gasteiger charge is -2.51. The minimum atomic E-state index is -2.42. The van der Waals surface area contributed by atoms with Crippen molar-refractivity contribution in [3.05, 3.63) is 216 Å². The lowest BCUT2D eigenvalue weighted by atomic mass is 9.93. The SMILES string of the molecule is C=CCO[C@@H]1[C@H](OCc2ccccc2)[C@H](O[C@H]2[C@H](OCc3ccccc3)[C@@H](N3C(=O)c4ccccc4C3=O)[C@H](Oc3ccc(OC)cc3)O[C@@H]2COCc2ccccc2)O[C@H](CO[Si](C)(C)C(C)(C)C)[C@H]1OCc1ccccc1. The van der Waals surface area contributed by atoms with Gasteiger partial charge < -0.3 is 51.8 Å². The molecule has 3 aliphatic heterocycles. The molecule has 0 aliphatic carbocycles. The van der Waals surface area contributed by atoms with Crippen LogP contribution in [0.25, 0.3) is 0 Å². The van der Waals surface area contributed by atoms with E-state index >= 15 is 0 Å². The predicted molar refractivity (Wildman–Crippen MR) is 301 cm³/mol. The van der Waals surface area contributed by atoms with Crippen molar-refractivity contribution in [1.82, 2.24) is 4.90 Å². The van der Waals surface area contributed by atoms with Crippen molar-refractivity contribution in [3.63, 3.8) is 0 Å². The van der Waals surface area contributed by atoms with Crippen LogP contribution in [0.4, 0.5) is 0 Å². The summed E-state index contributed by atoms with van der Waals surface area (Å²) < 4.78 is 75.9. The van der Waals surface area contributed by atoms with Crippen LogP contribution < -0.4 is 9.47 Å². The molecule has 2 fully saturated rings. The second-order valence-corrected chi connectivity index (χ2v) is 26.2. The molecule has 9 rings (SSSR count). The molecule has 14 nitrogen and oxygen atoms in total. The third kappa shape index (κ3) is 14.2. The second-order valence-electron chi connectivity index (χ2n) is 21.4. The molecule has 10 atom stereocenters. The van der Waals surface area contributed by atoms with Gasteiger partial charge in [-0.15, -0.1) is 6.58 Å². The molecule has 0 aromatic heterocycles. The Balaban J connectivity index is 1.18. The van der Waals surface area contributed by atoms with Crippen molar-refractivity contribution in [1.29, 1.82) is 0 Å². The molecule has 0 saturated carbocycles. The number of rotatable bonds is 25. The molecular weight excluding hydrogens is 1020 g/mol. The van der Waals surface area contributed by atoms with E-state index in [1.807, 2.05) is 121 Å². The first kappa shape index (κ1) is 57.3. The van der Waals surface area contributed by atoms with Crippen LogP contribution in [0.1, 0.15) is 63.7 Å². The fourth-order valence-corrected chi connectivity index (χ4v) is 10.7. The van der Waals surface area contributed by atoms with Gasteiger partial charge in [0, 0.05) is 0 Å². The van der Waals surface area contributed by atoms with Gasteiger partial charge in [-0.2, -0.15) is 0 Å². The van der Waals surface area contributed by atoms with E-state index in [-0.39, 0.29) is 62.4 Å². The highest BCUT2D eigenvalue weighted by Crippen LogP contribution is 2.41. The van der Waals surface area contributed by atoms with Crippen molar-refractivity contribution in [2.24, 2.45) is 0 Å². The largest absolute Gasteiger partial charge is 0.497 e. The third-order valence-electron chi connectivity index (χ3n) is 15.0. The van der Waals surface area contributed by atoms with Crippen LogP contribution in [0.5, 0.6) is 11.5 Å². The van der Waals surface area contributed by atoms with Gasteiger partial charge in [0.25, 0.3) is 11.8 Å². The molecule has 15 heteroatoms. The normalized spacial score (nSPS) is 24.3. The summed E-state index contributed by atoms with van der Waals surface area (Å²) in [6.45, 7) is 15.8. The first-order valence-corrected chi connectivity index (χ1v) is 29.9. The van der Waals surface area contributed by atoms with Gasteiger partial charge in [0.1, 0.15) is 60.3 Å². The Bertz CT molecular complexity index is 2840. The van der Waals surface area contributed by atoms with Crippen LogP contribution in [0, 0.1) is 0 Å². The number of carbonyl (C=O) groups excluding carboxylic acids is 2. The lowest BCUT2D eigenvalue weighted by Crippen LogP contribution is -2.70. The summed E-state index contributed by atoms with van der Waals surface area (Å²) in [4.78, 5) is 31.1. The molecule has 6 aromatic rings. The van der Waals surface area contributed by atoms with E-state index in [0.717, 1.165) is 22.3 Å². The number of nitrogens with zero attached hydrogens (tertiary/aromatic N) is 1. The van der Waals surface area contributed by atoms with E-state index in [0.29, 0.717) is 11.5 Å². The van der Waals surface area contributed by atoms with Crippen LogP contribution in [0.15, 0.2) is 183 Å². The van der Waals surface area contributed by atoms with Gasteiger partial charge in [0.15, 0.2) is 14.6 Å². The van der Waals surface area contributed by atoms with Gasteiger partial charge in [-0.1, -0.05) is 160 Å². The Labute approximate surface area is 465 Å². The van der Waals surface area contributed by atoms with Gasteiger partial charge in [-0.25, -0.2) is 0 Å². The molecule has 0 spiro atoms. The Hall–Kier alpha value is -6.34. The molecule has 0 N–H and O–H groups in total. The molecule has 6 aromatic carbocycles. The molecule has 79 heavy (non-hydrogen) atoms. The second kappa shape index (κ2) is 26.7. The standard InChI is InChI=1S/C64H73NO13Si/c1-8-37-70-58-55(71-39-45-25-15-10-16-26-45)53(43-74-79(6,7)64(2,3)4)77-63(59(58)73-41-47-29-19-12-20-30-47)78-56-52(42-69-38-44-23-13-9-14-24-44)76-62(75-49-35-33-48(68-5)34-36-49)54(57(56)72-40-46-27-17-11-18-28-46)65-60(66)50-31-21-22-32-51(50)61(65)67/h8-36,52-59,62-63H,1,37-43H2,2-7H3/t52-,53-,54-,55-,56-,57-,58+,59+,62-,63+/m1/s1.